The van der Waals surface area contributed by atoms with Crippen molar-refractivity contribution in [3.05, 3.63) is 65.2 Å². The minimum absolute atomic E-state index is 0.162. The molecule has 0 aliphatic carbocycles. The van der Waals surface area contributed by atoms with Gasteiger partial charge in [0, 0.05) is 51.2 Å². The molecule has 1 aromatic heterocycles. The largest absolute Gasteiger partial charge is 0.496 e. The Morgan fingerprint density at radius 1 is 1.09 bits per heavy atom. The zero-order valence-corrected chi connectivity index (χ0v) is 20.5. The van der Waals surface area contributed by atoms with Crippen molar-refractivity contribution in [3.8, 4) is 5.75 Å². The summed E-state index contributed by atoms with van der Waals surface area (Å²) in [6, 6.07) is 9.98. The maximum atomic E-state index is 13.5. The Balaban J connectivity index is 1.56. The number of hydrogen-bond donors (Lipinski definition) is 0. The maximum Gasteiger partial charge on any atom is 0.296 e. The first-order valence-corrected chi connectivity index (χ1v) is 11.7. The topological polar surface area (TPSA) is 71.8 Å². The average Bonchev–Trinajstić information content (AvgIpc) is 3.18. The van der Waals surface area contributed by atoms with Crippen LogP contribution in [0.15, 0.2) is 42.6 Å². The number of carbonyl (C=O) groups is 3. The highest BCUT2D eigenvalue weighted by atomic mass is 19.1. The molecule has 2 heterocycles. The number of halogens is 1. The van der Waals surface area contributed by atoms with Crippen LogP contribution in [0.2, 0.25) is 0 Å². The fourth-order valence-electron chi connectivity index (χ4n) is 4.76. The third kappa shape index (κ3) is 4.92. The van der Waals surface area contributed by atoms with E-state index >= 15 is 0 Å². The second-order valence-electron chi connectivity index (χ2n) is 9.32. The van der Waals surface area contributed by atoms with Crippen molar-refractivity contribution in [2.45, 2.75) is 19.3 Å². The molecule has 184 valence electrons. The van der Waals surface area contributed by atoms with Gasteiger partial charge in [-0.05, 0) is 55.0 Å². The van der Waals surface area contributed by atoms with E-state index in [1.54, 1.807) is 34.8 Å². The van der Waals surface area contributed by atoms with Crippen molar-refractivity contribution in [1.29, 1.82) is 0 Å². The fourth-order valence-corrected chi connectivity index (χ4v) is 4.76. The van der Waals surface area contributed by atoms with Gasteiger partial charge in [0.2, 0.25) is 0 Å². The van der Waals surface area contributed by atoms with Gasteiger partial charge < -0.3 is 19.1 Å². The third-order valence-electron chi connectivity index (χ3n) is 6.70. The van der Waals surface area contributed by atoms with Crippen LogP contribution in [0.3, 0.4) is 0 Å². The molecule has 1 fully saturated rings. The summed E-state index contributed by atoms with van der Waals surface area (Å²) in [4.78, 5) is 41.8. The summed E-state index contributed by atoms with van der Waals surface area (Å²) in [5.41, 5.74) is 1.71. The number of likely N-dealkylation sites (tertiary alicyclic amines) is 1. The first kappa shape index (κ1) is 24.4. The van der Waals surface area contributed by atoms with Crippen LogP contribution in [-0.4, -0.2) is 66.3 Å². The number of methoxy groups -OCH3 is 1. The van der Waals surface area contributed by atoms with E-state index < -0.39 is 11.7 Å². The summed E-state index contributed by atoms with van der Waals surface area (Å²) < 4.78 is 20.3. The minimum atomic E-state index is -0.627. The SMILES string of the molecule is COc1cc2cn(C)c(C(=O)C(=O)N(C)C)c2cc1C(=O)N1CCC(Cc2ccc(F)cc2)CC1. The summed E-state index contributed by atoms with van der Waals surface area (Å²) in [7, 11) is 6.28. The fraction of sp³-hybridized carbons (Fsp3) is 0.370. The van der Waals surface area contributed by atoms with E-state index in [1.807, 2.05) is 12.1 Å². The van der Waals surface area contributed by atoms with E-state index in [0.29, 0.717) is 41.1 Å². The molecule has 8 heteroatoms. The first-order valence-electron chi connectivity index (χ1n) is 11.7. The molecule has 1 aliphatic rings. The Labute approximate surface area is 204 Å². The van der Waals surface area contributed by atoms with Gasteiger partial charge in [0.05, 0.1) is 12.7 Å². The normalized spacial score (nSPS) is 14.3. The van der Waals surface area contributed by atoms with E-state index in [-0.39, 0.29) is 17.4 Å². The number of rotatable bonds is 6. The summed E-state index contributed by atoms with van der Waals surface area (Å²) in [6.45, 7) is 1.21. The first-order chi connectivity index (χ1) is 16.7. The van der Waals surface area contributed by atoms with E-state index in [4.69, 9.17) is 4.74 Å². The Bertz CT molecular complexity index is 1270. The number of ketones is 1. The lowest BCUT2D eigenvalue weighted by Gasteiger charge is -2.32. The summed E-state index contributed by atoms with van der Waals surface area (Å²) >= 11 is 0. The third-order valence-corrected chi connectivity index (χ3v) is 6.70. The lowest BCUT2D eigenvalue weighted by molar-refractivity contribution is -0.124. The molecule has 2 aromatic carbocycles. The van der Waals surface area contributed by atoms with Gasteiger partial charge in [-0.3, -0.25) is 14.4 Å². The summed E-state index contributed by atoms with van der Waals surface area (Å²) in [6.07, 6.45) is 4.30. The number of aryl methyl sites for hydroxylation is 1. The molecule has 0 spiro atoms. The Hall–Kier alpha value is -3.68. The predicted octanol–water partition coefficient (Wildman–Crippen LogP) is 3.69. The van der Waals surface area contributed by atoms with Crippen molar-refractivity contribution >= 4 is 28.4 Å². The van der Waals surface area contributed by atoms with E-state index in [0.717, 1.165) is 24.8 Å². The Morgan fingerprint density at radius 3 is 2.34 bits per heavy atom. The van der Waals surface area contributed by atoms with Crippen molar-refractivity contribution in [2.75, 3.05) is 34.3 Å². The number of carbonyl (C=O) groups excluding carboxylic acids is 3. The highest BCUT2D eigenvalue weighted by Gasteiger charge is 2.29. The zero-order chi connectivity index (χ0) is 25.3. The maximum absolute atomic E-state index is 13.5. The van der Waals surface area contributed by atoms with Crippen LogP contribution in [0.1, 0.15) is 39.3 Å². The molecule has 1 saturated heterocycles. The van der Waals surface area contributed by atoms with Gasteiger partial charge >= 0.3 is 0 Å². The molecule has 0 atom stereocenters. The number of Topliss-reactive ketones (excluding diaryl/α,β-unsaturated/α-hetero) is 1. The number of piperidine rings is 1. The van der Waals surface area contributed by atoms with Crippen LogP contribution in [0.25, 0.3) is 10.8 Å². The number of fused-ring (bicyclic) bond motifs is 1. The van der Waals surface area contributed by atoms with E-state index in [1.165, 1.54) is 38.2 Å². The molecule has 2 amide bonds. The average molecular weight is 480 g/mol. The van der Waals surface area contributed by atoms with Crippen molar-refractivity contribution in [1.82, 2.24) is 14.4 Å². The standard InChI is InChI=1S/C27H30FN3O4/c1-29(2)27(34)25(32)24-21-15-22(23(35-4)14-19(21)16-30(24)3)26(33)31-11-9-18(10-12-31)13-17-5-7-20(28)8-6-17/h5-8,14-16,18H,9-13H2,1-4H3. The van der Waals surface area contributed by atoms with Crippen LogP contribution >= 0.6 is 0 Å². The molecule has 0 bridgehead atoms. The van der Waals surface area contributed by atoms with Gasteiger partial charge in [0.15, 0.2) is 0 Å². The number of likely N-dealkylation sites (N-methyl/N-ethyl adjacent to an activating group) is 1. The molecule has 7 nitrogen and oxygen atoms in total. The number of aromatic nitrogens is 1. The second-order valence-corrected chi connectivity index (χ2v) is 9.32. The second kappa shape index (κ2) is 9.90. The number of benzene rings is 2. The lowest BCUT2D eigenvalue weighted by Crippen LogP contribution is -2.39. The highest BCUT2D eigenvalue weighted by molar-refractivity contribution is 6.44. The molecule has 1 aliphatic heterocycles. The van der Waals surface area contributed by atoms with E-state index in [2.05, 4.69) is 0 Å². The van der Waals surface area contributed by atoms with Gasteiger partial charge in [-0.2, -0.15) is 0 Å². The minimum Gasteiger partial charge on any atom is -0.496 e. The van der Waals surface area contributed by atoms with Gasteiger partial charge in [0.1, 0.15) is 17.3 Å². The van der Waals surface area contributed by atoms with Crippen LogP contribution in [-0.2, 0) is 18.3 Å². The molecular weight excluding hydrogens is 449 g/mol. The smallest absolute Gasteiger partial charge is 0.296 e. The zero-order valence-electron chi connectivity index (χ0n) is 20.5. The van der Waals surface area contributed by atoms with Crippen LogP contribution < -0.4 is 4.74 Å². The molecular formula is C27H30FN3O4. The van der Waals surface area contributed by atoms with Crippen molar-refractivity contribution in [3.63, 3.8) is 0 Å². The molecule has 4 rings (SSSR count). The number of amides is 2. The van der Waals surface area contributed by atoms with Crippen molar-refractivity contribution in [2.24, 2.45) is 13.0 Å². The molecule has 0 saturated carbocycles. The Morgan fingerprint density at radius 2 is 1.74 bits per heavy atom. The lowest BCUT2D eigenvalue weighted by atomic mass is 9.90. The number of hydrogen-bond acceptors (Lipinski definition) is 4. The molecule has 0 unspecified atom stereocenters. The van der Waals surface area contributed by atoms with Gasteiger partial charge in [0.25, 0.3) is 17.6 Å². The molecule has 3 aromatic rings. The summed E-state index contributed by atoms with van der Waals surface area (Å²) in [5, 5.41) is 1.26. The molecule has 0 N–H and O–H groups in total. The highest BCUT2D eigenvalue weighted by Crippen LogP contribution is 2.32. The Kier molecular flexibility index (Phi) is 6.91. The van der Waals surface area contributed by atoms with Crippen molar-refractivity contribution < 1.29 is 23.5 Å². The monoisotopic (exact) mass is 479 g/mol. The number of nitrogens with zero attached hydrogens (tertiary/aromatic N) is 3. The van der Waals surface area contributed by atoms with Gasteiger partial charge in [-0.25, -0.2) is 4.39 Å². The number of ether oxygens (including phenoxy) is 1. The van der Waals surface area contributed by atoms with Crippen LogP contribution in [0.4, 0.5) is 4.39 Å². The van der Waals surface area contributed by atoms with Gasteiger partial charge in [-0.1, -0.05) is 12.1 Å². The molecule has 0 radical (unpaired) electrons. The van der Waals surface area contributed by atoms with Crippen LogP contribution in [0.5, 0.6) is 5.75 Å². The molecule has 35 heavy (non-hydrogen) atoms. The van der Waals surface area contributed by atoms with E-state index in [9.17, 15) is 18.8 Å². The summed E-state index contributed by atoms with van der Waals surface area (Å²) in [5.74, 6) is -0.805. The van der Waals surface area contributed by atoms with Gasteiger partial charge in [-0.15, -0.1) is 0 Å². The predicted molar refractivity (Wildman–Crippen MR) is 131 cm³/mol. The quantitative estimate of drug-likeness (QED) is 0.399. The van der Waals surface area contributed by atoms with Crippen LogP contribution in [0, 0.1) is 11.7 Å².